The molecule has 5 aliphatic carbocycles. The van der Waals surface area contributed by atoms with Crippen molar-refractivity contribution in [2.45, 2.75) is 81.5 Å². The van der Waals surface area contributed by atoms with Crippen molar-refractivity contribution in [3.8, 4) is 0 Å². The summed E-state index contributed by atoms with van der Waals surface area (Å²) in [7, 11) is 0. The maximum atomic E-state index is 14.9. The first-order valence-corrected chi connectivity index (χ1v) is 9.38. The Bertz CT molecular complexity index is 540. The van der Waals surface area contributed by atoms with Gasteiger partial charge in [-0.05, 0) is 56.8 Å². The highest BCUT2D eigenvalue weighted by atomic mass is 19.1. The van der Waals surface area contributed by atoms with Gasteiger partial charge in [-0.3, -0.25) is 4.79 Å². The summed E-state index contributed by atoms with van der Waals surface area (Å²) in [5.74, 6) is -1.42. The fourth-order valence-electron chi connectivity index (χ4n) is 6.35. The third-order valence-electron chi connectivity index (χ3n) is 7.25. The Morgan fingerprint density at radius 2 is 1.75 bits per heavy atom. The molecular weight excluding hydrogens is 315 g/mol. The van der Waals surface area contributed by atoms with E-state index in [1.807, 2.05) is 0 Å². The SMILES string of the molecule is O=C(O)CC1CCC2(CC1)OOC1(O2)C2CC3CC1CC(F)(C3)C2. The number of carboxylic acids is 1. The van der Waals surface area contributed by atoms with Crippen molar-refractivity contribution < 1.29 is 28.8 Å². The van der Waals surface area contributed by atoms with Crippen LogP contribution in [0.3, 0.4) is 0 Å². The fraction of sp³-hybridized carbons (Fsp3) is 0.944. The van der Waals surface area contributed by atoms with Gasteiger partial charge in [-0.2, -0.15) is 9.78 Å². The Kier molecular flexibility index (Phi) is 3.18. The number of carbonyl (C=O) groups is 1. The topological polar surface area (TPSA) is 65.0 Å². The van der Waals surface area contributed by atoms with Crippen molar-refractivity contribution in [2.75, 3.05) is 0 Å². The van der Waals surface area contributed by atoms with Crippen molar-refractivity contribution in [1.29, 1.82) is 0 Å². The molecular formula is C18H25FO5. The fourth-order valence-corrected chi connectivity index (χ4v) is 6.35. The molecule has 6 heteroatoms. The molecule has 2 atom stereocenters. The van der Waals surface area contributed by atoms with Gasteiger partial charge in [-0.1, -0.05) is 0 Å². The summed E-state index contributed by atoms with van der Waals surface area (Å²) in [5, 5.41) is 8.96. The number of hydrogen-bond acceptors (Lipinski definition) is 4. The highest BCUT2D eigenvalue weighted by Crippen LogP contribution is 2.65. The Balaban J connectivity index is 1.32. The Hall–Kier alpha value is -0.720. The molecule has 24 heavy (non-hydrogen) atoms. The minimum Gasteiger partial charge on any atom is -0.481 e. The summed E-state index contributed by atoms with van der Waals surface area (Å²) in [5.41, 5.74) is -1.02. The highest BCUT2D eigenvalue weighted by molar-refractivity contribution is 5.67. The lowest BCUT2D eigenvalue weighted by atomic mass is 9.52. The number of halogens is 1. The second-order valence-corrected chi connectivity index (χ2v) is 8.94. The monoisotopic (exact) mass is 340 g/mol. The van der Waals surface area contributed by atoms with E-state index < -0.39 is 23.2 Å². The molecule has 0 radical (unpaired) electrons. The molecule has 2 unspecified atom stereocenters. The third-order valence-corrected chi connectivity index (χ3v) is 7.25. The number of aliphatic carboxylic acids is 1. The quantitative estimate of drug-likeness (QED) is 0.779. The largest absolute Gasteiger partial charge is 0.481 e. The van der Waals surface area contributed by atoms with Crippen molar-refractivity contribution >= 4 is 5.97 Å². The zero-order chi connectivity index (χ0) is 16.6. The van der Waals surface area contributed by atoms with Crippen LogP contribution in [0.1, 0.15) is 64.2 Å². The Morgan fingerprint density at radius 1 is 1.08 bits per heavy atom. The van der Waals surface area contributed by atoms with Gasteiger partial charge in [0.1, 0.15) is 5.67 Å². The molecule has 5 nitrogen and oxygen atoms in total. The van der Waals surface area contributed by atoms with E-state index >= 15 is 0 Å². The normalized spacial score (nSPS) is 55.5. The molecule has 1 saturated heterocycles. The molecule has 134 valence electrons. The second kappa shape index (κ2) is 4.92. The second-order valence-electron chi connectivity index (χ2n) is 8.94. The predicted molar refractivity (Wildman–Crippen MR) is 80.3 cm³/mol. The molecule has 1 heterocycles. The Labute approximate surface area is 140 Å². The summed E-state index contributed by atoms with van der Waals surface area (Å²) < 4.78 is 21.4. The average Bonchev–Trinajstić information content (AvgIpc) is 2.87. The predicted octanol–water partition coefficient (Wildman–Crippen LogP) is 3.57. The summed E-state index contributed by atoms with van der Waals surface area (Å²) in [6.45, 7) is 0. The van der Waals surface area contributed by atoms with Crippen LogP contribution >= 0.6 is 0 Å². The summed E-state index contributed by atoms with van der Waals surface area (Å²) >= 11 is 0. The number of hydrogen-bond donors (Lipinski definition) is 1. The molecule has 0 amide bonds. The van der Waals surface area contributed by atoms with Crippen LogP contribution < -0.4 is 0 Å². The van der Waals surface area contributed by atoms with Crippen LogP contribution in [0.5, 0.6) is 0 Å². The number of ether oxygens (including phenoxy) is 1. The molecule has 1 N–H and O–H groups in total. The lowest BCUT2D eigenvalue weighted by molar-refractivity contribution is -0.394. The standard InChI is InChI=1S/C18H25FO5/c19-16-8-12-5-13(9-16)18(14(6-12)10-16)22-17(23-24-18)3-1-11(2-4-17)7-15(20)21/h11-14H,1-10H2,(H,20,21). The van der Waals surface area contributed by atoms with Crippen LogP contribution in [0.4, 0.5) is 4.39 Å². The van der Waals surface area contributed by atoms with Crippen LogP contribution in [0.15, 0.2) is 0 Å². The minimum atomic E-state index is -1.02. The Morgan fingerprint density at radius 3 is 2.33 bits per heavy atom. The van der Waals surface area contributed by atoms with E-state index in [9.17, 15) is 9.18 Å². The molecule has 6 fully saturated rings. The molecule has 1 aliphatic heterocycles. The lowest BCUT2D eigenvalue weighted by Crippen LogP contribution is -2.63. The van der Waals surface area contributed by atoms with E-state index in [1.54, 1.807) is 0 Å². The highest BCUT2D eigenvalue weighted by Gasteiger charge is 2.70. The smallest absolute Gasteiger partial charge is 0.303 e. The minimum absolute atomic E-state index is 0.0878. The van der Waals surface area contributed by atoms with Gasteiger partial charge in [0.15, 0.2) is 0 Å². The van der Waals surface area contributed by atoms with Crippen LogP contribution in [-0.2, 0) is 19.3 Å². The van der Waals surface area contributed by atoms with Gasteiger partial charge >= 0.3 is 5.97 Å². The summed E-state index contributed by atoms with van der Waals surface area (Å²) in [6.07, 6.45) is 6.80. The van der Waals surface area contributed by atoms with Gasteiger partial charge in [0, 0.05) is 31.1 Å². The van der Waals surface area contributed by atoms with Gasteiger partial charge in [0.2, 0.25) is 11.6 Å². The zero-order valence-electron chi connectivity index (χ0n) is 13.8. The lowest BCUT2D eigenvalue weighted by Gasteiger charge is -2.59. The van der Waals surface area contributed by atoms with E-state index in [0.717, 1.165) is 25.7 Å². The zero-order valence-corrected chi connectivity index (χ0v) is 13.8. The van der Waals surface area contributed by atoms with Crippen molar-refractivity contribution in [3.05, 3.63) is 0 Å². The van der Waals surface area contributed by atoms with Gasteiger partial charge in [0.25, 0.3) is 0 Å². The summed E-state index contributed by atoms with van der Waals surface area (Å²) in [6, 6.07) is 0. The molecule has 4 bridgehead atoms. The summed E-state index contributed by atoms with van der Waals surface area (Å²) in [4.78, 5) is 22.5. The van der Waals surface area contributed by atoms with Crippen molar-refractivity contribution in [3.63, 3.8) is 0 Å². The van der Waals surface area contributed by atoms with Crippen LogP contribution in [-0.4, -0.2) is 28.3 Å². The van der Waals surface area contributed by atoms with E-state index in [-0.39, 0.29) is 24.2 Å². The third kappa shape index (κ3) is 2.19. The number of carboxylic acid groups (broad SMARTS) is 1. The molecule has 0 aromatic rings. The maximum Gasteiger partial charge on any atom is 0.303 e. The molecule has 6 aliphatic rings. The molecule has 0 aromatic heterocycles. The molecule has 0 aromatic carbocycles. The van der Waals surface area contributed by atoms with Gasteiger partial charge in [-0.15, -0.1) is 0 Å². The van der Waals surface area contributed by atoms with Crippen molar-refractivity contribution in [1.82, 2.24) is 0 Å². The average molecular weight is 340 g/mol. The number of alkyl halides is 1. The van der Waals surface area contributed by atoms with E-state index in [4.69, 9.17) is 19.6 Å². The van der Waals surface area contributed by atoms with Crippen LogP contribution in [0.2, 0.25) is 0 Å². The first kappa shape index (κ1) is 15.5. The van der Waals surface area contributed by atoms with E-state index in [0.29, 0.717) is 38.0 Å². The molecule has 5 saturated carbocycles. The molecule has 6 rings (SSSR count). The van der Waals surface area contributed by atoms with Crippen molar-refractivity contribution in [2.24, 2.45) is 23.7 Å². The van der Waals surface area contributed by atoms with Gasteiger partial charge in [-0.25, -0.2) is 4.39 Å². The maximum absolute atomic E-state index is 14.9. The first-order valence-electron chi connectivity index (χ1n) is 9.38. The van der Waals surface area contributed by atoms with Crippen LogP contribution in [0.25, 0.3) is 0 Å². The van der Waals surface area contributed by atoms with E-state index in [1.165, 1.54) is 0 Å². The van der Waals surface area contributed by atoms with E-state index in [2.05, 4.69) is 0 Å². The van der Waals surface area contributed by atoms with Gasteiger partial charge < -0.3 is 9.84 Å². The first-order chi connectivity index (χ1) is 11.4. The number of rotatable bonds is 2. The van der Waals surface area contributed by atoms with Crippen LogP contribution in [0, 0.1) is 23.7 Å². The van der Waals surface area contributed by atoms with Gasteiger partial charge in [0.05, 0.1) is 0 Å². The molecule has 2 spiro atoms.